The molecule has 0 bridgehead atoms. The van der Waals surface area contributed by atoms with E-state index in [2.05, 4.69) is 16.3 Å². The van der Waals surface area contributed by atoms with Gasteiger partial charge in [-0.2, -0.15) is 0 Å². The van der Waals surface area contributed by atoms with E-state index in [0.717, 1.165) is 29.5 Å². The first-order valence-corrected chi connectivity index (χ1v) is 14.1. The molecule has 8 heteroatoms. The van der Waals surface area contributed by atoms with Gasteiger partial charge in [-0.1, -0.05) is 60.5 Å². The summed E-state index contributed by atoms with van der Waals surface area (Å²) >= 11 is 6.11. The molecule has 36 heavy (non-hydrogen) atoms. The van der Waals surface area contributed by atoms with Crippen molar-refractivity contribution in [2.24, 2.45) is 0 Å². The van der Waals surface area contributed by atoms with Crippen LogP contribution in [-0.4, -0.2) is 38.9 Å². The summed E-state index contributed by atoms with van der Waals surface area (Å²) < 4.78 is 28.3. The highest BCUT2D eigenvalue weighted by Crippen LogP contribution is 2.28. The number of hydrogen-bond donors (Lipinski definition) is 1. The number of rotatable bonds is 9. The fourth-order valence-electron chi connectivity index (χ4n) is 4.54. The molecule has 1 heterocycles. The second kappa shape index (κ2) is 11.9. The molecular formula is C28H32ClN3O3S. The molecule has 190 valence electrons. The fraction of sp³-hybridized carbons (Fsp3) is 0.321. The van der Waals surface area contributed by atoms with Crippen LogP contribution in [0, 0.1) is 6.92 Å². The molecular weight excluding hydrogens is 494 g/mol. The highest BCUT2D eigenvalue weighted by molar-refractivity contribution is 7.92. The minimum atomic E-state index is -3.97. The number of halogens is 1. The maximum Gasteiger partial charge on any atom is 0.264 e. The Balaban J connectivity index is 1.52. The molecule has 1 N–H and O–H groups in total. The zero-order chi connectivity index (χ0) is 25.5. The van der Waals surface area contributed by atoms with Crippen molar-refractivity contribution in [3.05, 3.63) is 94.5 Å². The molecule has 1 aliphatic heterocycles. The van der Waals surface area contributed by atoms with E-state index in [1.807, 2.05) is 18.2 Å². The molecule has 3 aromatic carbocycles. The standard InChI is InChI=1S/C28H32ClN3O3S/c1-22-18-25(29)14-15-27(22)32(36(34,35)26-12-4-2-5-13-26)21-28(33)30-19-23-10-6-7-11-24(23)20-31-16-8-3-9-17-31/h2,4-7,10-15,18H,3,8-9,16-17,19-21H2,1H3,(H,30,33). The van der Waals surface area contributed by atoms with E-state index in [-0.39, 0.29) is 17.3 Å². The fourth-order valence-corrected chi connectivity index (χ4v) is 6.27. The number of sulfonamides is 1. The summed E-state index contributed by atoms with van der Waals surface area (Å²) in [6, 6.07) is 21.2. The van der Waals surface area contributed by atoms with Crippen LogP contribution in [0.4, 0.5) is 5.69 Å². The van der Waals surface area contributed by atoms with E-state index in [9.17, 15) is 13.2 Å². The van der Waals surface area contributed by atoms with Crippen LogP contribution in [0.15, 0.2) is 77.7 Å². The Labute approximate surface area is 218 Å². The van der Waals surface area contributed by atoms with Crippen molar-refractivity contribution in [1.29, 1.82) is 0 Å². The van der Waals surface area contributed by atoms with E-state index in [1.165, 1.54) is 37.0 Å². The SMILES string of the molecule is Cc1cc(Cl)ccc1N(CC(=O)NCc1ccccc1CN1CCCCC1)S(=O)(=O)c1ccccc1. The molecule has 1 amide bonds. The Morgan fingerprint density at radius 3 is 2.31 bits per heavy atom. The van der Waals surface area contributed by atoms with Gasteiger partial charge in [0.15, 0.2) is 0 Å². The molecule has 6 nitrogen and oxygen atoms in total. The van der Waals surface area contributed by atoms with Gasteiger partial charge >= 0.3 is 0 Å². The van der Waals surface area contributed by atoms with Gasteiger partial charge in [-0.15, -0.1) is 0 Å². The summed E-state index contributed by atoms with van der Waals surface area (Å²) in [4.78, 5) is 15.7. The van der Waals surface area contributed by atoms with Crippen LogP contribution in [0.25, 0.3) is 0 Å². The molecule has 3 aromatic rings. The number of carbonyl (C=O) groups excluding carboxylic acids is 1. The molecule has 0 spiro atoms. The third-order valence-electron chi connectivity index (χ3n) is 6.48. The lowest BCUT2D eigenvalue weighted by molar-refractivity contribution is -0.119. The van der Waals surface area contributed by atoms with E-state index >= 15 is 0 Å². The van der Waals surface area contributed by atoms with Crippen molar-refractivity contribution < 1.29 is 13.2 Å². The summed E-state index contributed by atoms with van der Waals surface area (Å²) in [6.07, 6.45) is 3.72. The first-order valence-electron chi connectivity index (χ1n) is 12.2. The second-order valence-electron chi connectivity index (χ2n) is 9.14. The summed E-state index contributed by atoms with van der Waals surface area (Å²) in [5.74, 6) is -0.378. The Bertz CT molecular complexity index is 1290. The Kier molecular flexibility index (Phi) is 8.67. The first kappa shape index (κ1) is 26.2. The molecule has 0 unspecified atom stereocenters. The van der Waals surface area contributed by atoms with Gasteiger partial charge in [0.1, 0.15) is 6.54 Å². The number of benzene rings is 3. The number of nitrogens with zero attached hydrogens (tertiary/aromatic N) is 2. The summed E-state index contributed by atoms with van der Waals surface area (Å²) in [7, 11) is -3.97. The first-order chi connectivity index (χ1) is 17.3. The van der Waals surface area contributed by atoms with Crippen molar-refractivity contribution in [3.8, 4) is 0 Å². The monoisotopic (exact) mass is 525 g/mol. The Morgan fingerprint density at radius 1 is 0.944 bits per heavy atom. The van der Waals surface area contributed by atoms with Gasteiger partial charge in [0.05, 0.1) is 10.6 Å². The minimum absolute atomic E-state index is 0.124. The maximum atomic E-state index is 13.6. The quantitative estimate of drug-likeness (QED) is 0.419. The van der Waals surface area contributed by atoms with E-state index in [0.29, 0.717) is 22.8 Å². The Hall–Kier alpha value is -2.87. The van der Waals surface area contributed by atoms with Gasteiger partial charge < -0.3 is 5.32 Å². The number of aryl methyl sites for hydroxylation is 1. The summed E-state index contributed by atoms with van der Waals surface area (Å²) in [5.41, 5.74) is 3.31. The van der Waals surface area contributed by atoms with Crippen LogP contribution in [0.5, 0.6) is 0 Å². The lowest BCUT2D eigenvalue weighted by Gasteiger charge is -2.27. The van der Waals surface area contributed by atoms with Crippen molar-refractivity contribution in [2.45, 2.75) is 44.2 Å². The van der Waals surface area contributed by atoms with Gasteiger partial charge in [-0.25, -0.2) is 8.42 Å². The Morgan fingerprint density at radius 2 is 1.61 bits per heavy atom. The van der Waals surface area contributed by atoms with Gasteiger partial charge in [0.25, 0.3) is 10.0 Å². The van der Waals surface area contributed by atoms with Gasteiger partial charge in [0.2, 0.25) is 5.91 Å². The normalized spacial score (nSPS) is 14.4. The van der Waals surface area contributed by atoms with Crippen LogP contribution in [0.2, 0.25) is 5.02 Å². The molecule has 1 aliphatic rings. The third-order valence-corrected chi connectivity index (χ3v) is 8.49. The second-order valence-corrected chi connectivity index (χ2v) is 11.4. The predicted octanol–water partition coefficient (Wildman–Crippen LogP) is 5.15. The van der Waals surface area contributed by atoms with Gasteiger partial charge in [-0.05, 0) is 79.9 Å². The molecule has 0 atom stereocenters. The average Bonchev–Trinajstić information content (AvgIpc) is 2.88. The zero-order valence-corrected chi connectivity index (χ0v) is 22.1. The van der Waals surface area contributed by atoms with E-state index < -0.39 is 10.0 Å². The lowest BCUT2D eigenvalue weighted by Crippen LogP contribution is -2.41. The van der Waals surface area contributed by atoms with Crippen LogP contribution < -0.4 is 9.62 Å². The number of carbonyl (C=O) groups is 1. The molecule has 4 rings (SSSR count). The van der Waals surface area contributed by atoms with Crippen molar-refractivity contribution in [3.63, 3.8) is 0 Å². The highest BCUT2D eigenvalue weighted by atomic mass is 35.5. The smallest absolute Gasteiger partial charge is 0.264 e. The molecule has 0 aliphatic carbocycles. The number of amides is 1. The minimum Gasteiger partial charge on any atom is -0.350 e. The molecule has 0 aromatic heterocycles. The largest absolute Gasteiger partial charge is 0.350 e. The van der Waals surface area contributed by atoms with E-state index in [4.69, 9.17) is 11.6 Å². The van der Waals surface area contributed by atoms with Crippen molar-refractivity contribution >= 4 is 33.2 Å². The predicted molar refractivity (Wildman–Crippen MR) is 145 cm³/mol. The van der Waals surface area contributed by atoms with Crippen molar-refractivity contribution in [1.82, 2.24) is 10.2 Å². The zero-order valence-electron chi connectivity index (χ0n) is 20.5. The average molecular weight is 526 g/mol. The topological polar surface area (TPSA) is 69.7 Å². The van der Waals surface area contributed by atoms with Crippen LogP contribution in [-0.2, 0) is 27.9 Å². The molecule has 1 saturated heterocycles. The van der Waals surface area contributed by atoms with Crippen molar-refractivity contribution in [2.75, 3.05) is 23.9 Å². The van der Waals surface area contributed by atoms with Gasteiger partial charge in [0, 0.05) is 18.1 Å². The summed E-state index contributed by atoms with van der Waals surface area (Å²) in [6.45, 7) is 4.81. The van der Waals surface area contributed by atoms with Crippen LogP contribution in [0.1, 0.15) is 36.0 Å². The van der Waals surface area contributed by atoms with Crippen LogP contribution in [0.3, 0.4) is 0 Å². The summed E-state index contributed by atoms with van der Waals surface area (Å²) in [5, 5.41) is 3.44. The molecule has 1 fully saturated rings. The molecule has 0 radical (unpaired) electrons. The molecule has 0 saturated carbocycles. The number of piperidine rings is 1. The van der Waals surface area contributed by atoms with Gasteiger partial charge in [-0.3, -0.25) is 14.0 Å². The number of anilines is 1. The maximum absolute atomic E-state index is 13.6. The van der Waals surface area contributed by atoms with E-state index in [1.54, 1.807) is 43.3 Å². The van der Waals surface area contributed by atoms with Crippen LogP contribution >= 0.6 is 11.6 Å². The number of hydrogen-bond acceptors (Lipinski definition) is 4. The lowest BCUT2D eigenvalue weighted by atomic mass is 10.0. The number of likely N-dealkylation sites (tertiary alicyclic amines) is 1. The highest BCUT2D eigenvalue weighted by Gasteiger charge is 2.28. The number of nitrogens with one attached hydrogen (secondary N) is 1. The third kappa shape index (κ3) is 6.46.